The summed E-state index contributed by atoms with van der Waals surface area (Å²) in [4.78, 5) is 50.8. The predicted molar refractivity (Wildman–Crippen MR) is 118 cm³/mol. The van der Waals surface area contributed by atoms with E-state index in [2.05, 4.69) is 10.6 Å². The van der Waals surface area contributed by atoms with E-state index in [1.54, 1.807) is 0 Å². The van der Waals surface area contributed by atoms with Crippen molar-refractivity contribution < 1.29 is 18.8 Å². The van der Waals surface area contributed by atoms with Gasteiger partial charge in [0.15, 0.2) is 0 Å². The average molecular weight is 470 g/mol. The first-order valence-corrected chi connectivity index (χ1v) is 11.5. The van der Waals surface area contributed by atoms with Crippen molar-refractivity contribution in [2.24, 2.45) is 5.92 Å². The summed E-state index contributed by atoms with van der Waals surface area (Å²) in [6.45, 7) is -0.260. The molecule has 1 aromatic heterocycles. The van der Waals surface area contributed by atoms with Gasteiger partial charge < -0.3 is 5.32 Å². The Labute approximate surface area is 189 Å². The van der Waals surface area contributed by atoms with Crippen LogP contribution < -0.4 is 15.5 Å². The molecule has 1 fully saturated rings. The topological polar surface area (TPSA) is 97.3 Å². The lowest BCUT2D eigenvalue weighted by atomic mass is 9.83. The maximum Gasteiger partial charge on any atom is 0.308 e. The van der Waals surface area contributed by atoms with Gasteiger partial charge >= 0.3 is 4.87 Å². The van der Waals surface area contributed by atoms with Crippen LogP contribution in [0.25, 0.3) is 0 Å². The van der Waals surface area contributed by atoms with Crippen LogP contribution in [0.5, 0.6) is 0 Å². The lowest BCUT2D eigenvalue weighted by Crippen LogP contribution is -2.32. The molecule has 0 aliphatic carbocycles. The van der Waals surface area contributed by atoms with Crippen molar-refractivity contribution >= 4 is 46.5 Å². The van der Waals surface area contributed by atoms with Crippen LogP contribution in [0.2, 0.25) is 0 Å². The minimum absolute atomic E-state index is 0.260. The third kappa shape index (κ3) is 3.55. The second-order valence-corrected chi connectivity index (χ2v) is 9.61. The van der Waals surface area contributed by atoms with Gasteiger partial charge in [0, 0.05) is 16.5 Å². The molecule has 3 amide bonds. The quantitative estimate of drug-likeness (QED) is 0.573. The van der Waals surface area contributed by atoms with Crippen LogP contribution in [-0.4, -0.2) is 27.5 Å². The Morgan fingerprint density at radius 3 is 2.47 bits per heavy atom. The molecule has 2 aromatic carbocycles. The van der Waals surface area contributed by atoms with E-state index in [1.807, 2.05) is 30.3 Å². The monoisotopic (exact) mass is 469 g/mol. The van der Waals surface area contributed by atoms with Gasteiger partial charge in [0.25, 0.3) is 0 Å². The molecule has 2 aliphatic heterocycles. The Morgan fingerprint density at radius 2 is 1.75 bits per heavy atom. The van der Waals surface area contributed by atoms with Gasteiger partial charge in [0.1, 0.15) is 17.6 Å². The summed E-state index contributed by atoms with van der Waals surface area (Å²) in [5.41, 5.74) is 1.24. The number of imide groups is 1. The number of rotatable bonds is 4. The van der Waals surface area contributed by atoms with Crippen molar-refractivity contribution in [2.45, 2.75) is 22.7 Å². The van der Waals surface area contributed by atoms with Gasteiger partial charge in [0.2, 0.25) is 17.7 Å². The first-order chi connectivity index (χ1) is 15.4. The number of anilines is 1. The van der Waals surface area contributed by atoms with Crippen LogP contribution in [0.1, 0.15) is 16.4 Å². The molecule has 0 saturated carbocycles. The van der Waals surface area contributed by atoms with Crippen LogP contribution in [0, 0.1) is 11.7 Å². The van der Waals surface area contributed by atoms with E-state index in [0.717, 1.165) is 28.7 Å². The summed E-state index contributed by atoms with van der Waals surface area (Å²) in [6, 6.07) is 14.6. The van der Waals surface area contributed by atoms with Crippen molar-refractivity contribution in [2.75, 3.05) is 5.32 Å². The molecule has 0 radical (unpaired) electrons. The maximum absolute atomic E-state index is 13.1. The molecule has 1 saturated heterocycles. The first kappa shape index (κ1) is 20.7. The molecule has 0 bridgehead atoms. The summed E-state index contributed by atoms with van der Waals surface area (Å²) in [7, 11) is 0. The summed E-state index contributed by atoms with van der Waals surface area (Å²) < 4.78 is 14.4. The second-order valence-electron chi connectivity index (χ2n) is 7.48. The van der Waals surface area contributed by atoms with Crippen LogP contribution in [0.4, 0.5) is 10.1 Å². The largest absolute Gasteiger partial charge is 0.325 e. The highest BCUT2D eigenvalue weighted by atomic mass is 32.2. The normalized spacial score (nSPS) is 21.6. The zero-order chi connectivity index (χ0) is 22.4. The van der Waals surface area contributed by atoms with Crippen molar-refractivity contribution in [3.05, 3.63) is 80.5 Å². The summed E-state index contributed by atoms with van der Waals surface area (Å²) >= 11 is 2.13. The van der Waals surface area contributed by atoms with Crippen molar-refractivity contribution in [1.82, 2.24) is 9.88 Å². The zero-order valence-corrected chi connectivity index (χ0v) is 18.0. The number of thiazole rings is 1. The van der Waals surface area contributed by atoms with Crippen LogP contribution in [0.3, 0.4) is 0 Å². The fraction of sp³-hybridized carbons (Fsp3) is 0.182. The van der Waals surface area contributed by atoms with E-state index >= 15 is 0 Å². The Hall–Kier alpha value is -3.24. The third-order valence-corrected chi connectivity index (χ3v) is 8.09. The Morgan fingerprint density at radius 1 is 1.03 bits per heavy atom. The standard InChI is InChI=1S/C22H16FN3O4S2/c23-12-6-8-13(9-7-12)24-14(27)10-26-21-18(32-22(26)30)15(11-4-2-1-3-5-11)16-17(31-21)20(29)25-19(16)28/h1-9,15-17H,10H2,(H,24,27)(H,25,28,29). The molecular weight excluding hydrogens is 453 g/mol. The van der Waals surface area contributed by atoms with E-state index in [0.29, 0.717) is 15.6 Å². The molecule has 7 nitrogen and oxygen atoms in total. The van der Waals surface area contributed by atoms with E-state index in [-0.39, 0.29) is 17.3 Å². The molecule has 3 unspecified atom stereocenters. The SMILES string of the molecule is O=C(Cn1c2c(sc1=O)C(c1ccccc1)C1C(=O)NC(=O)C1S2)Nc1ccc(F)cc1. The van der Waals surface area contributed by atoms with Crippen molar-refractivity contribution in [3.63, 3.8) is 0 Å². The maximum atomic E-state index is 13.1. The molecule has 0 spiro atoms. The van der Waals surface area contributed by atoms with E-state index in [4.69, 9.17) is 0 Å². The fourth-order valence-corrected chi connectivity index (χ4v) is 6.81. The van der Waals surface area contributed by atoms with Gasteiger partial charge in [-0.15, -0.1) is 0 Å². The van der Waals surface area contributed by atoms with Gasteiger partial charge in [-0.1, -0.05) is 53.4 Å². The number of nitrogens with zero attached hydrogens (tertiary/aromatic N) is 1. The van der Waals surface area contributed by atoms with Crippen LogP contribution in [0.15, 0.2) is 64.4 Å². The first-order valence-electron chi connectivity index (χ1n) is 9.77. The van der Waals surface area contributed by atoms with E-state index in [9.17, 15) is 23.6 Å². The van der Waals surface area contributed by atoms with E-state index in [1.165, 1.54) is 28.8 Å². The molecular formula is C22H16FN3O4S2. The summed E-state index contributed by atoms with van der Waals surface area (Å²) in [6.07, 6.45) is 0. The smallest absolute Gasteiger partial charge is 0.308 e. The van der Waals surface area contributed by atoms with Crippen LogP contribution in [-0.2, 0) is 20.9 Å². The molecule has 2 N–H and O–H groups in total. The number of aromatic nitrogens is 1. The molecule has 162 valence electrons. The van der Waals surface area contributed by atoms with Crippen molar-refractivity contribution in [1.29, 1.82) is 0 Å². The fourth-order valence-electron chi connectivity index (χ4n) is 4.07. The molecule has 5 rings (SSSR count). The molecule has 3 heterocycles. The number of benzene rings is 2. The lowest BCUT2D eigenvalue weighted by molar-refractivity contribution is -0.126. The molecule has 3 aromatic rings. The predicted octanol–water partition coefficient (Wildman–Crippen LogP) is 2.57. The highest BCUT2D eigenvalue weighted by Crippen LogP contribution is 2.51. The molecule has 32 heavy (non-hydrogen) atoms. The number of carbonyl (C=O) groups excluding carboxylic acids is 3. The van der Waals surface area contributed by atoms with Crippen molar-refractivity contribution in [3.8, 4) is 0 Å². The Bertz CT molecular complexity index is 1290. The Balaban J connectivity index is 1.52. The summed E-state index contributed by atoms with van der Waals surface area (Å²) in [5.74, 6) is -2.70. The average Bonchev–Trinajstić information content (AvgIpc) is 3.24. The van der Waals surface area contributed by atoms with Gasteiger partial charge in [-0.05, 0) is 29.8 Å². The number of hydrogen-bond donors (Lipinski definition) is 2. The minimum atomic E-state index is -0.680. The molecule has 10 heteroatoms. The minimum Gasteiger partial charge on any atom is -0.325 e. The summed E-state index contributed by atoms with van der Waals surface area (Å²) in [5, 5.41) is 4.89. The van der Waals surface area contributed by atoms with Gasteiger partial charge in [-0.2, -0.15) is 0 Å². The number of fused-ring (bicyclic) bond motifs is 2. The van der Waals surface area contributed by atoms with Gasteiger partial charge in [0.05, 0.1) is 10.9 Å². The lowest BCUT2D eigenvalue weighted by Gasteiger charge is -2.30. The highest BCUT2D eigenvalue weighted by molar-refractivity contribution is 8.00. The number of carbonyl (C=O) groups is 3. The second kappa shape index (κ2) is 8.03. The van der Waals surface area contributed by atoms with Crippen LogP contribution >= 0.6 is 23.1 Å². The number of hydrogen-bond acceptors (Lipinski definition) is 6. The molecule has 3 atom stereocenters. The number of amides is 3. The van der Waals surface area contributed by atoms with Gasteiger partial charge in [-0.25, -0.2) is 4.39 Å². The number of thioether (sulfide) groups is 1. The highest BCUT2D eigenvalue weighted by Gasteiger charge is 2.52. The van der Waals surface area contributed by atoms with Gasteiger partial charge in [-0.3, -0.25) is 29.1 Å². The third-order valence-electron chi connectivity index (χ3n) is 5.48. The molecule has 2 aliphatic rings. The zero-order valence-electron chi connectivity index (χ0n) is 16.4. The number of nitrogens with one attached hydrogen (secondary N) is 2. The Kier molecular flexibility index (Phi) is 5.18. The number of halogens is 1. The van der Waals surface area contributed by atoms with E-state index < -0.39 is 34.7 Å².